The molecule has 0 saturated heterocycles. The van der Waals surface area contributed by atoms with E-state index in [-0.39, 0.29) is 18.0 Å². The van der Waals surface area contributed by atoms with Crippen molar-refractivity contribution < 1.29 is 13.6 Å². The van der Waals surface area contributed by atoms with E-state index in [2.05, 4.69) is 5.32 Å². The van der Waals surface area contributed by atoms with Crippen molar-refractivity contribution >= 4 is 5.91 Å². The molecule has 0 aliphatic heterocycles. The average molecular weight is 256 g/mol. The third-order valence-electron chi connectivity index (χ3n) is 2.90. The van der Waals surface area contributed by atoms with Gasteiger partial charge in [0.2, 0.25) is 5.91 Å². The van der Waals surface area contributed by atoms with Crippen LogP contribution >= 0.6 is 0 Å². The Morgan fingerprint density at radius 2 is 2.06 bits per heavy atom. The van der Waals surface area contributed by atoms with Crippen LogP contribution in [0.4, 0.5) is 8.78 Å². The predicted molar refractivity (Wildman–Crippen MR) is 65.8 cm³/mol. The summed E-state index contributed by atoms with van der Waals surface area (Å²) >= 11 is 0. The molecule has 0 aliphatic carbocycles. The molecule has 1 unspecified atom stereocenters. The maximum atomic E-state index is 13.5. The molecular weight excluding hydrogens is 238 g/mol. The number of nitrogens with two attached hydrogens (primary N) is 1. The summed E-state index contributed by atoms with van der Waals surface area (Å²) in [6.07, 6.45) is 0. The fourth-order valence-corrected chi connectivity index (χ4v) is 1.41. The summed E-state index contributed by atoms with van der Waals surface area (Å²) < 4.78 is 26.6. The lowest BCUT2D eigenvalue weighted by molar-refractivity contribution is -0.129. The first-order chi connectivity index (χ1) is 8.27. The molecule has 0 bridgehead atoms. The first-order valence-electron chi connectivity index (χ1n) is 5.74. The van der Waals surface area contributed by atoms with Crippen LogP contribution in [-0.2, 0) is 4.79 Å². The van der Waals surface area contributed by atoms with E-state index in [0.29, 0.717) is 0 Å². The summed E-state index contributed by atoms with van der Waals surface area (Å²) in [5.41, 5.74) is 4.86. The molecule has 1 aromatic carbocycles. The highest BCUT2D eigenvalue weighted by molar-refractivity contribution is 5.82. The molecule has 1 aromatic rings. The predicted octanol–water partition coefficient (Wildman–Crippen LogP) is 2.13. The minimum Gasteiger partial charge on any atom is -0.349 e. The molecule has 1 rings (SSSR count). The van der Waals surface area contributed by atoms with E-state index in [1.54, 1.807) is 20.8 Å². The largest absolute Gasteiger partial charge is 0.349 e. The zero-order chi connectivity index (χ0) is 13.9. The fourth-order valence-electron chi connectivity index (χ4n) is 1.41. The molecule has 18 heavy (non-hydrogen) atoms. The highest BCUT2D eigenvalue weighted by Gasteiger charge is 2.27. The number of benzene rings is 1. The van der Waals surface area contributed by atoms with Gasteiger partial charge in [-0.3, -0.25) is 4.79 Å². The van der Waals surface area contributed by atoms with Crippen LogP contribution in [0, 0.1) is 17.0 Å². The quantitative estimate of drug-likeness (QED) is 0.867. The Hall–Kier alpha value is -1.49. The van der Waals surface area contributed by atoms with Gasteiger partial charge in [0.05, 0.1) is 11.5 Å². The maximum absolute atomic E-state index is 13.5. The molecule has 0 saturated carbocycles. The van der Waals surface area contributed by atoms with Crippen molar-refractivity contribution in [2.24, 2.45) is 11.1 Å². The summed E-state index contributed by atoms with van der Waals surface area (Å²) in [6, 6.07) is 2.55. The van der Waals surface area contributed by atoms with E-state index >= 15 is 0 Å². The van der Waals surface area contributed by atoms with Gasteiger partial charge in [-0.15, -0.1) is 0 Å². The third kappa shape index (κ3) is 3.26. The van der Waals surface area contributed by atoms with Gasteiger partial charge in [0.15, 0.2) is 0 Å². The van der Waals surface area contributed by atoms with Crippen molar-refractivity contribution in [3.63, 3.8) is 0 Å². The fraction of sp³-hybridized carbons (Fsp3) is 0.462. The lowest BCUT2D eigenvalue weighted by Gasteiger charge is -2.24. The van der Waals surface area contributed by atoms with Gasteiger partial charge in [0.1, 0.15) is 11.6 Å². The van der Waals surface area contributed by atoms with Crippen LogP contribution in [0.1, 0.15) is 32.4 Å². The second-order valence-electron chi connectivity index (χ2n) is 4.95. The molecule has 0 spiro atoms. The summed E-state index contributed by atoms with van der Waals surface area (Å²) in [5.74, 6) is -1.37. The van der Waals surface area contributed by atoms with Crippen LogP contribution in [0.25, 0.3) is 0 Å². The van der Waals surface area contributed by atoms with E-state index in [9.17, 15) is 13.6 Å². The van der Waals surface area contributed by atoms with Gasteiger partial charge in [0.25, 0.3) is 0 Å². The van der Waals surface area contributed by atoms with Crippen LogP contribution < -0.4 is 11.1 Å². The average Bonchev–Trinajstić information content (AvgIpc) is 2.31. The number of rotatable bonds is 4. The van der Waals surface area contributed by atoms with E-state index < -0.39 is 23.1 Å². The van der Waals surface area contributed by atoms with Crippen molar-refractivity contribution in [1.82, 2.24) is 5.32 Å². The van der Waals surface area contributed by atoms with E-state index in [0.717, 1.165) is 18.2 Å². The monoisotopic (exact) mass is 256 g/mol. The van der Waals surface area contributed by atoms with Gasteiger partial charge < -0.3 is 11.1 Å². The number of hydrogen-bond acceptors (Lipinski definition) is 2. The number of halogens is 2. The van der Waals surface area contributed by atoms with Crippen LogP contribution in [0.3, 0.4) is 0 Å². The molecule has 1 amide bonds. The molecule has 3 N–H and O–H groups in total. The van der Waals surface area contributed by atoms with E-state index in [1.165, 1.54) is 0 Å². The van der Waals surface area contributed by atoms with Gasteiger partial charge in [-0.2, -0.15) is 0 Å². The molecule has 1 atom stereocenters. The topological polar surface area (TPSA) is 55.1 Å². The Morgan fingerprint density at radius 1 is 1.44 bits per heavy atom. The molecule has 0 aromatic heterocycles. The van der Waals surface area contributed by atoms with Gasteiger partial charge in [0, 0.05) is 12.1 Å². The molecule has 0 radical (unpaired) electrons. The molecule has 5 heteroatoms. The van der Waals surface area contributed by atoms with Crippen LogP contribution in [0.15, 0.2) is 18.2 Å². The Balaban J connectivity index is 2.86. The van der Waals surface area contributed by atoms with Crippen molar-refractivity contribution in [2.75, 3.05) is 6.54 Å². The van der Waals surface area contributed by atoms with Crippen molar-refractivity contribution in [1.29, 1.82) is 0 Å². The summed E-state index contributed by atoms with van der Waals surface area (Å²) in [5, 5.41) is 2.63. The highest BCUT2D eigenvalue weighted by atomic mass is 19.1. The zero-order valence-corrected chi connectivity index (χ0v) is 10.8. The Bertz CT molecular complexity index is 447. The number of nitrogens with one attached hydrogen (secondary N) is 1. The molecule has 0 heterocycles. The van der Waals surface area contributed by atoms with Crippen molar-refractivity contribution in [2.45, 2.75) is 26.8 Å². The normalized spacial score (nSPS) is 13.2. The van der Waals surface area contributed by atoms with Gasteiger partial charge in [-0.1, -0.05) is 0 Å². The first kappa shape index (κ1) is 14.6. The number of hydrogen-bond donors (Lipinski definition) is 2. The minimum atomic E-state index is -0.738. The Kier molecular flexibility index (Phi) is 4.40. The first-order valence-corrected chi connectivity index (χ1v) is 5.74. The highest BCUT2D eigenvalue weighted by Crippen LogP contribution is 2.20. The second-order valence-corrected chi connectivity index (χ2v) is 4.95. The Morgan fingerprint density at radius 3 is 2.61 bits per heavy atom. The minimum absolute atomic E-state index is 0.121. The van der Waals surface area contributed by atoms with Crippen LogP contribution in [0.2, 0.25) is 0 Å². The number of carbonyl (C=O) groups is 1. The van der Waals surface area contributed by atoms with Gasteiger partial charge in [-0.05, 0) is 39.0 Å². The molecule has 3 nitrogen and oxygen atoms in total. The number of amides is 1. The summed E-state index contributed by atoms with van der Waals surface area (Å²) in [7, 11) is 0. The lowest BCUT2D eigenvalue weighted by atomic mass is 9.92. The Labute approximate surface area is 105 Å². The van der Waals surface area contributed by atoms with Crippen molar-refractivity contribution in [3.05, 3.63) is 35.4 Å². The molecule has 0 fully saturated rings. The maximum Gasteiger partial charge on any atom is 0.227 e. The van der Waals surface area contributed by atoms with Crippen LogP contribution in [0.5, 0.6) is 0 Å². The SMILES string of the molecule is CC(NC(=O)C(C)(C)CN)c1cc(F)ccc1F. The van der Waals surface area contributed by atoms with E-state index in [4.69, 9.17) is 5.73 Å². The van der Waals surface area contributed by atoms with Gasteiger partial charge in [-0.25, -0.2) is 8.78 Å². The number of carbonyl (C=O) groups excluding carboxylic acids is 1. The molecule has 100 valence electrons. The summed E-state index contributed by atoms with van der Waals surface area (Å²) in [4.78, 5) is 11.9. The third-order valence-corrected chi connectivity index (χ3v) is 2.90. The summed E-state index contributed by atoms with van der Waals surface area (Å²) in [6.45, 7) is 5.16. The standard InChI is InChI=1S/C13H18F2N2O/c1-8(17-12(18)13(2,3)7-16)10-6-9(14)4-5-11(10)15/h4-6,8H,7,16H2,1-3H3,(H,17,18). The lowest BCUT2D eigenvalue weighted by Crippen LogP contribution is -2.42. The molecule has 0 aliphatic rings. The zero-order valence-electron chi connectivity index (χ0n) is 10.8. The van der Waals surface area contributed by atoms with Gasteiger partial charge >= 0.3 is 0 Å². The van der Waals surface area contributed by atoms with Crippen molar-refractivity contribution in [3.8, 4) is 0 Å². The molecular formula is C13H18F2N2O. The second kappa shape index (κ2) is 5.44. The van der Waals surface area contributed by atoms with Crippen LogP contribution in [-0.4, -0.2) is 12.5 Å². The van der Waals surface area contributed by atoms with E-state index in [1.807, 2.05) is 0 Å². The smallest absolute Gasteiger partial charge is 0.227 e.